The first kappa shape index (κ1) is 85.7. The molecule has 0 spiro atoms. The zero-order valence-corrected chi connectivity index (χ0v) is 80.5. The predicted octanol–water partition coefficient (Wildman–Crippen LogP) is 40.7. The van der Waals surface area contributed by atoms with E-state index in [9.17, 15) is 0 Å². The van der Waals surface area contributed by atoms with Gasteiger partial charge in [0.2, 0.25) is 0 Å². The molecule has 0 N–H and O–H groups in total. The first-order chi connectivity index (χ1) is 71.7. The van der Waals surface area contributed by atoms with Crippen LogP contribution in [0.5, 0.6) is 0 Å². The van der Waals surface area contributed by atoms with Gasteiger partial charge in [0, 0.05) is 5.41 Å². The van der Waals surface area contributed by atoms with Gasteiger partial charge in [0.1, 0.15) is 0 Å². The van der Waals surface area contributed by atoms with Crippen molar-refractivity contribution in [3.8, 4) is 134 Å². The molecule has 0 saturated heterocycles. The van der Waals surface area contributed by atoms with E-state index >= 15 is 0 Å². The van der Waals surface area contributed by atoms with Gasteiger partial charge >= 0.3 is 0 Å². The molecule has 1 aliphatic rings. The van der Waals surface area contributed by atoms with E-state index < -0.39 is 0 Å². The molecule has 0 heterocycles. The van der Waals surface area contributed by atoms with E-state index in [1.54, 1.807) is 0 Å². The van der Waals surface area contributed by atoms with E-state index in [0.29, 0.717) is 0 Å². The smallest absolute Gasteiger partial charge is 0.0159 e. The van der Waals surface area contributed by atoms with Gasteiger partial charge in [-0.1, -0.05) is 523 Å². The number of fused-ring (bicyclic) bond motifs is 16. The lowest BCUT2D eigenvalue weighted by Crippen LogP contribution is -2.14. The number of hydrogen-bond acceptors (Lipinski definition) is 0. The molecule has 145 heavy (non-hydrogen) atoms. The SMILES string of the molecule is CC1(C)c2ccccc2-c2ccc(-c3c4ccccc4c(-c4cccc5ccccc45)c4ccc(-c5ccc6ccccc6c5)cc34)cc21.c1ccc(-c2c3ccccc3c(-c3ccc4c(-c5ccc6ccccc6c5)c5ccccc5c(-c5cccc6ccccc56)c4c3)c3ccccc23)cc1.c1ccc(-c2ccc(-c3c4ccccc4c(-c4cccc5ccccc45)c4cc(-c5ccccc5)ccc34)cc2)cc1. The average molecular weight is 1840 g/mol. The highest BCUT2D eigenvalue weighted by Crippen LogP contribution is 2.56. The van der Waals surface area contributed by atoms with Gasteiger partial charge in [-0.05, 0) is 321 Å². The van der Waals surface area contributed by atoms with Crippen LogP contribution in [-0.2, 0) is 5.41 Å². The third-order valence-electron chi connectivity index (χ3n) is 30.9. The van der Waals surface area contributed by atoms with Gasteiger partial charge in [0.15, 0.2) is 0 Å². The van der Waals surface area contributed by atoms with Gasteiger partial charge in [-0.15, -0.1) is 0 Å². The predicted molar refractivity (Wildman–Crippen MR) is 624 cm³/mol. The van der Waals surface area contributed by atoms with Crippen molar-refractivity contribution in [3.05, 3.63) is 557 Å². The Labute approximate surface area is 843 Å². The van der Waals surface area contributed by atoms with Crippen LogP contribution < -0.4 is 0 Å². The molecule has 29 rings (SSSR count). The minimum atomic E-state index is -0.0767. The highest BCUT2D eigenvalue weighted by atomic mass is 14.4. The van der Waals surface area contributed by atoms with Crippen LogP contribution in [0.3, 0.4) is 0 Å². The van der Waals surface area contributed by atoms with Gasteiger partial charge in [0.25, 0.3) is 0 Å². The van der Waals surface area contributed by atoms with Crippen LogP contribution in [0, 0.1) is 0 Å². The summed E-state index contributed by atoms with van der Waals surface area (Å²) in [6.07, 6.45) is 0. The lowest BCUT2D eigenvalue weighted by Gasteiger charge is -2.23. The molecule has 0 heteroatoms. The van der Waals surface area contributed by atoms with E-state index in [1.807, 2.05) is 0 Å². The van der Waals surface area contributed by atoms with Crippen molar-refractivity contribution in [1.82, 2.24) is 0 Å². The summed E-state index contributed by atoms with van der Waals surface area (Å²) >= 11 is 0. The highest BCUT2D eigenvalue weighted by molar-refractivity contribution is 6.30. The molecule has 676 valence electrons. The van der Waals surface area contributed by atoms with Crippen molar-refractivity contribution in [2.24, 2.45) is 0 Å². The molecule has 0 bridgehead atoms. The summed E-state index contributed by atoms with van der Waals surface area (Å²) in [6, 6.07) is 201. The third-order valence-corrected chi connectivity index (χ3v) is 30.9. The molecular formula is C145H96. The number of hydrogen-bond donors (Lipinski definition) is 0. The average Bonchev–Trinajstić information content (AvgIpc) is 1.46. The van der Waals surface area contributed by atoms with E-state index in [1.165, 1.54) is 285 Å². The van der Waals surface area contributed by atoms with Gasteiger partial charge in [-0.3, -0.25) is 0 Å². The Bertz CT molecular complexity index is 10000. The lowest BCUT2D eigenvalue weighted by atomic mass is 9.80. The van der Waals surface area contributed by atoms with E-state index in [2.05, 4.69) is 560 Å². The molecule has 28 aromatic carbocycles. The molecule has 0 radical (unpaired) electrons. The summed E-state index contributed by atoms with van der Waals surface area (Å²) in [5, 5.41) is 32.9. The Kier molecular flexibility index (Phi) is 21.1. The summed E-state index contributed by atoms with van der Waals surface area (Å²) < 4.78 is 0. The molecule has 0 amide bonds. The van der Waals surface area contributed by atoms with Gasteiger partial charge in [-0.25, -0.2) is 0 Å². The molecule has 0 saturated carbocycles. The molecule has 0 unspecified atom stereocenters. The Morgan fingerprint density at radius 3 is 0.772 bits per heavy atom. The molecule has 1 aliphatic carbocycles. The maximum absolute atomic E-state index is 2.49. The Balaban J connectivity index is 0.000000109. The van der Waals surface area contributed by atoms with E-state index in [4.69, 9.17) is 0 Å². The Hall–Kier alpha value is -18.5. The largest absolute Gasteiger partial charge is 0.0622 e. The van der Waals surface area contributed by atoms with Crippen LogP contribution >= 0.6 is 0 Å². The topological polar surface area (TPSA) is 0 Å². The zero-order valence-electron chi connectivity index (χ0n) is 80.5. The van der Waals surface area contributed by atoms with Crippen molar-refractivity contribution in [3.63, 3.8) is 0 Å². The Morgan fingerprint density at radius 2 is 0.324 bits per heavy atom. The van der Waals surface area contributed by atoms with E-state index in [0.717, 1.165) is 0 Å². The van der Waals surface area contributed by atoms with Crippen molar-refractivity contribution >= 4 is 140 Å². The summed E-state index contributed by atoms with van der Waals surface area (Å²) in [4.78, 5) is 0. The lowest BCUT2D eigenvalue weighted by molar-refractivity contribution is 0.660. The fourth-order valence-corrected chi connectivity index (χ4v) is 24.2. The van der Waals surface area contributed by atoms with Crippen molar-refractivity contribution < 1.29 is 0 Å². The minimum Gasteiger partial charge on any atom is -0.0622 e. The molecule has 0 fully saturated rings. The summed E-state index contributed by atoms with van der Waals surface area (Å²) in [6.45, 7) is 4.75. The summed E-state index contributed by atoms with van der Waals surface area (Å²) in [7, 11) is 0. The maximum Gasteiger partial charge on any atom is 0.0159 e. The molecular weight excluding hydrogens is 1740 g/mol. The normalized spacial score (nSPS) is 12.1. The quantitative estimate of drug-likeness (QED) is 0.113. The maximum atomic E-state index is 2.49. The standard InChI is InChI=1S/C54H34.C49H34.C42H28/c1-2-17-37(18-3-1)51-43-22-8-10-24-45(43)53(46-25-11-9-23-44(46)51)40-31-32-49-50(34-40)54(42-28-14-20-36-16-6-7-21-41(36)42)48-27-13-12-26-47(48)52(49)39-30-29-35-15-4-5-19-38(35)33-39;1-49(2)45-21-10-9-17-38(45)39-26-25-36(30-46(39)49)47-41-18-7-8-19-42(41)48(40-20-11-15-32-13-5-6-16-37(32)40)43-27-24-35(29-44(43)47)34-23-22-31-12-3-4-14-33(31)28-34;1-3-12-29(13-4-1)31-22-24-33(25-23-31)41-37-19-9-10-20-38(37)42(36-21-11-17-32-16-7-8-18-35(32)36)40-28-34(26-27-39(40)41)30-14-5-2-6-15-30/h1-34H;3-30H,1-2H3;1-28H. The van der Waals surface area contributed by atoms with Crippen LogP contribution in [0.4, 0.5) is 0 Å². The monoisotopic (exact) mass is 1840 g/mol. The van der Waals surface area contributed by atoms with Gasteiger partial charge in [-0.2, -0.15) is 0 Å². The minimum absolute atomic E-state index is 0.0767. The molecule has 0 aromatic heterocycles. The molecule has 0 atom stereocenters. The first-order valence-electron chi connectivity index (χ1n) is 50.6. The van der Waals surface area contributed by atoms with Crippen LogP contribution in [0.15, 0.2) is 546 Å². The molecule has 28 aromatic rings. The van der Waals surface area contributed by atoms with Crippen LogP contribution in [0.1, 0.15) is 25.0 Å². The van der Waals surface area contributed by atoms with Crippen LogP contribution in [0.2, 0.25) is 0 Å². The Morgan fingerprint density at radius 1 is 0.103 bits per heavy atom. The molecule has 0 aliphatic heterocycles. The second kappa shape index (κ2) is 35.7. The van der Waals surface area contributed by atoms with Crippen LogP contribution in [0.25, 0.3) is 274 Å². The van der Waals surface area contributed by atoms with Crippen molar-refractivity contribution in [1.29, 1.82) is 0 Å². The second-order valence-corrected chi connectivity index (χ2v) is 39.3. The highest BCUT2D eigenvalue weighted by Gasteiger charge is 2.36. The van der Waals surface area contributed by atoms with Crippen molar-refractivity contribution in [2.75, 3.05) is 0 Å². The van der Waals surface area contributed by atoms with Gasteiger partial charge < -0.3 is 0 Å². The fraction of sp³-hybridized carbons (Fsp3) is 0.0207. The zero-order chi connectivity index (χ0) is 96.2. The molecule has 0 nitrogen and oxygen atoms in total. The van der Waals surface area contributed by atoms with Crippen LogP contribution in [-0.4, -0.2) is 0 Å². The third kappa shape index (κ3) is 14.7. The summed E-state index contributed by atoms with van der Waals surface area (Å²) in [5.74, 6) is 0. The second-order valence-electron chi connectivity index (χ2n) is 39.3. The first-order valence-corrected chi connectivity index (χ1v) is 50.6. The fourth-order valence-electron chi connectivity index (χ4n) is 24.2. The van der Waals surface area contributed by atoms with E-state index in [-0.39, 0.29) is 5.41 Å². The number of benzene rings is 28. The van der Waals surface area contributed by atoms with Gasteiger partial charge in [0.05, 0.1) is 0 Å². The summed E-state index contributed by atoms with van der Waals surface area (Å²) in [5.41, 5.74) is 33.1. The van der Waals surface area contributed by atoms with Crippen molar-refractivity contribution in [2.45, 2.75) is 19.3 Å². The number of rotatable bonds is 11.